The van der Waals surface area contributed by atoms with Crippen molar-refractivity contribution in [2.24, 2.45) is 5.73 Å². The smallest absolute Gasteiger partial charge is 0.305 e. The van der Waals surface area contributed by atoms with Crippen molar-refractivity contribution in [3.63, 3.8) is 0 Å². The second-order valence-corrected chi connectivity index (χ2v) is 4.16. The summed E-state index contributed by atoms with van der Waals surface area (Å²) in [4.78, 5) is 13.8. The minimum atomic E-state index is -0.967. The first kappa shape index (κ1) is 13.9. The molecule has 0 fully saturated rings. The van der Waals surface area contributed by atoms with Gasteiger partial charge in [0.05, 0.1) is 4.92 Å². The van der Waals surface area contributed by atoms with E-state index < -0.39 is 16.4 Å². The number of rotatable bonds is 4. The molecule has 2 N–H and O–H groups in total. The summed E-state index contributed by atoms with van der Waals surface area (Å²) in [6.07, 6.45) is 1.52. The molecule has 0 bridgehead atoms. The number of ether oxygens (including phenoxy) is 1. The standard InChI is InChI=1S/C13H12FN3O3/c1-8(15)10-3-2-6-16-13(10)20-9-4-5-12(17(18)19)11(14)7-9/h2-8H,15H2,1H3/t8-/m1/s1. The monoisotopic (exact) mass is 277 g/mol. The molecule has 0 aliphatic rings. The SMILES string of the molecule is C[C@@H](N)c1cccnc1Oc1ccc([N+](=O)[O-])c(F)c1. The lowest BCUT2D eigenvalue weighted by molar-refractivity contribution is -0.387. The Labute approximate surface area is 114 Å². The Kier molecular flexibility index (Phi) is 3.90. The van der Waals surface area contributed by atoms with Crippen LogP contribution in [0, 0.1) is 15.9 Å². The number of hydrogen-bond donors (Lipinski definition) is 1. The summed E-state index contributed by atoms with van der Waals surface area (Å²) in [6.45, 7) is 1.76. The number of benzene rings is 1. The van der Waals surface area contributed by atoms with Gasteiger partial charge in [-0.15, -0.1) is 0 Å². The Morgan fingerprint density at radius 1 is 1.45 bits per heavy atom. The number of nitro groups is 1. The molecule has 0 aliphatic heterocycles. The van der Waals surface area contributed by atoms with Gasteiger partial charge < -0.3 is 10.5 Å². The third-order valence-electron chi connectivity index (χ3n) is 2.62. The molecule has 0 radical (unpaired) electrons. The first-order valence-corrected chi connectivity index (χ1v) is 5.81. The summed E-state index contributed by atoms with van der Waals surface area (Å²) in [5.41, 5.74) is 5.83. The van der Waals surface area contributed by atoms with Crippen molar-refractivity contribution in [3.05, 3.63) is 58.0 Å². The molecule has 1 atom stereocenters. The van der Waals surface area contributed by atoms with Gasteiger partial charge in [0.15, 0.2) is 0 Å². The van der Waals surface area contributed by atoms with E-state index in [-0.39, 0.29) is 17.7 Å². The molecule has 7 heteroatoms. The minimum absolute atomic E-state index is 0.119. The molecule has 2 aromatic rings. The third kappa shape index (κ3) is 2.89. The first-order chi connectivity index (χ1) is 9.49. The van der Waals surface area contributed by atoms with Crippen molar-refractivity contribution in [1.82, 2.24) is 4.98 Å². The van der Waals surface area contributed by atoms with Gasteiger partial charge in [0.2, 0.25) is 11.7 Å². The molecule has 0 saturated heterocycles. The number of aromatic nitrogens is 1. The molecule has 0 aliphatic carbocycles. The van der Waals surface area contributed by atoms with E-state index in [0.717, 1.165) is 12.1 Å². The van der Waals surface area contributed by atoms with Crippen LogP contribution in [0.25, 0.3) is 0 Å². The van der Waals surface area contributed by atoms with E-state index in [1.165, 1.54) is 12.3 Å². The Hall–Kier alpha value is -2.54. The highest BCUT2D eigenvalue weighted by Gasteiger charge is 2.16. The quantitative estimate of drug-likeness (QED) is 0.685. The number of pyridine rings is 1. The fourth-order valence-electron chi connectivity index (χ4n) is 1.65. The summed E-state index contributed by atoms with van der Waals surface area (Å²) < 4.78 is 18.9. The van der Waals surface area contributed by atoms with Crippen molar-refractivity contribution < 1.29 is 14.1 Å². The van der Waals surface area contributed by atoms with Crippen molar-refractivity contribution >= 4 is 5.69 Å². The molecular weight excluding hydrogens is 265 g/mol. The Morgan fingerprint density at radius 2 is 2.20 bits per heavy atom. The second kappa shape index (κ2) is 5.62. The highest BCUT2D eigenvalue weighted by molar-refractivity contribution is 5.40. The van der Waals surface area contributed by atoms with Gasteiger partial charge in [0, 0.05) is 29.9 Å². The molecule has 0 amide bonds. The Balaban J connectivity index is 2.31. The summed E-state index contributed by atoms with van der Waals surface area (Å²) in [6, 6.07) is 6.44. The van der Waals surface area contributed by atoms with Crippen LogP contribution < -0.4 is 10.5 Å². The van der Waals surface area contributed by atoms with Crippen LogP contribution in [-0.4, -0.2) is 9.91 Å². The topological polar surface area (TPSA) is 91.3 Å². The summed E-state index contributed by atoms with van der Waals surface area (Å²) in [5, 5.41) is 10.5. The van der Waals surface area contributed by atoms with Crippen LogP contribution in [0.2, 0.25) is 0 Å². The summed E-state index contributed by atoms with van der Waals surface area (Å²) in [5.74, 6) is -0.602. The molecule has 104 valence electrons. The Morgan fingerprint density at radius 3 is 2.80 bits per heavy atom. The van der Waals surface area contributed by atoms with E-state index in [4.69, 9.17) is 10.5 Å². The molecule has 1 aromatic carbocycles. The van der Waals surface area contributed by atoms with Gasteiger partial charge in [-0.1, -0.05) is 6.07 Å². The van der Waals surface area contributed by atoms with Crippen LogP contribution in [-0.2, 0) is 0 Å². The molecule has 20 heavy (non-hydrogen) atoms. The first-order valence-electron chi connectivity index (χ1n) is 5.81. The lowest BCUT2D eigenvalue weighted by Gasteiger charge is -2.12. The average molecular weight is 277 g/mol. The van der Waals surface area contributed by atoms with Crippen LogP contribution in [0.4, 0.5) is 10.1 Å². The Bertz CT molecular complexity index is 647. The predicted octanol–water partition coefficient (Wildman–Crippen LogP) is 2.94. The van der Waals surface area contributed by atoms with Crippen LogP contribution in [0.3, 0.4) is 0 Å². The maximum absolute atomic E-state index is 13.5. The van der Waals surface area contributed by atoms with E-state index >= 15 is 0 Å². The van der Waals surface area contributed by atoms with Crippen molar-refractivity contribution in [2.75, 3.05) is 0 Å². The molecule has 0 saturated carbocycles. The number of nitro benzene ring substituents is 1. The molecule has 2 rings (SSSR count). The maximum atomic E-state index is 13.5. The summed E-state index contributed by atoms with van der Waals surface area (Å²) >= 11 is 0. The normalized spacial score (nSPS) is 11.9. The second-order valence-electron chi connectivity index (χ2n) is 4.16. The van der Waals surface area contributed by atoms with E-state index in [9.17, 15) is 14.5 Å². The van der Waals surface area contributed by atoms with E-state index in [1.807, 2.05) is 0 Å². The largest absolute Gasteiger partial charge is 0.439 e. The van der Waals surface area contributed by atoms with Crippen molar-refractivity contribution in [1.29, 1.82) is 0 Å². The van der Waals surface area contributed by atoms with Gasteiger partial charge in [0.25, 0.3) is 0 Å². The zero-order chi connectivity index (χ0) is 14.7. The van der Waals surface area contributed by atoms with Crippen LogP contribution in [0.15, 0.2) is 36.5 Å². The highest BCUT2D eigenvalue weighted by atomic mass is 19.1. The van der Waals surface area contributed by atoms with Gasteiger partial charge in [-0.25, -0.2) is 4.98 Å². The third-order valence-corrected chi connectivity index (χ3v) is 2.62. The lowest BCUT2D eigenvalue weighted by atomic mass is 10.1. The fourth-order valence-corrected chi connectivity index (χ4v) is 1.65. The zero-order valence-corrected chi connectivity index (χ0v) is 10.6. The molecule has 1 heterocycles. The molecule has 0 spiro atoms. The van der Waals surface area contributed by atoms with E-state index in [2.05, 4.69) is 4.98 Å². The van der Waals surface area contributed by atoms with Gasteiger partial charge in [-0.05, 0) is 19.1 Å². The van der Waals surface area contributed by atoms with Crippen molar-refractivity contribution in [2.45, 2.75) is 13.0 Å². The summed E-state index contributed by atoms with van der Waals surface area (Å²) in [7, 11) is 0. The van der Waals surface area contributed by atoms with Gasteiger partial charge in [0.1, 0.15) is 5.75 Å². The maximum Gasteiger partial charge on any atom is 0.305 e. The number of hydrogen-bond acceptors (Lipinski definition) is 5. The van der Waals surface area contributed by atoms with E-state index in [1.54, 1.807) is 19.1 Å². The number of nitrogens with two attached hydrogens (primary N) is 1. The van der Waals surface area contributed by atoms with Gasteiger partial charge >= 0.3 is 5.69 Å². The van der Waals surface area contributed by atoms with Gasteiger partial charge in [-0.3, -0.25) is 10.1 Å². The zero-order valence-electron chi connectivity index (χ0n) is 10.6. The van der Waals surface area contributed by atoms with Crippen LogP contribution >= 0.6 is 0 Å². The van der Waals surface area contributed by atoms with Crippen molar-refractivity contribution in [3.8, 4) is 11.6 Å². The average Bonchev–Trinajstić information content (AvgIpc) is 2.38. The number of halogens is 1. The van der Waals surface area contributed by atoms with E-state index in [0.29, 0.717) is 5.56 Å². The number of nitrogens with zero attached hydrogens (tertiary/aromatic N) is 2. The molecule has 6 nitrogen and oxygen atoms in total. The molecular formula is C13H12FN3O3. The predicted molar refractivity (Wildman–Crippen MR) is 70.0 cm³/mol. The lowest BCUT2D eigenvalue weighted by Crippen LogP contribution is -2.07. The fraction of sp³-hybridized carbons (Fsp3) is 0.154. The van der Waals surface area contributed by atoms with Crippen LogP contribution in [0.5, 0.6) is 11.6 Å². The van der Waals surface area contributed by atoms with Crippen LogP contribution in [0.1, 0.15) is 18.5 Å². The molecule has 0 unspecified atom stereocenters. The minimum Gasteiger partial charge on any atom is -0.439 e. The molecule has 1 aromatic heterocycles. The highest BCUT2D eigenvalue weighted by Crippen LogP contribution is 2.29. The van der Waals surface area contributed by atoms with Gasteiger partial charge in [-0.2, -0.15) is 4.39 Å².